The largest absolute Gasteiger partial charge is 0.396 e. The quantitative estimate of drug-likeness (QED) is 0.837. The summed E-state index contributed by atoms with van der Waals surface area (Å²) in [6, 6.07) is 0. The Kier molecular flexibility index (Phi) is 2.85. The van der Waals surface area contributed by atoms with E-state index < -0.39 is 5.54 Å². The molecule has 1 aliphatic rings. The highest BCUT2D eigenvalue weighted by atomic mass is 16.2. The number of carbonyl (C=O) groups excluding carboxylic acids is 1. The first kappa shape index (κ1) is 12.0. The van der Waals surface area contributed by atoms with Crippen LogP contribution < -0.4 is 5.73 Å². The molecule has 0 bridgehead atoms. The highest BCUT2D eigenvalue weighted by Gasteiger charge is 2.36. The molecule has 1 aliphatic heterocycles. The van der Waals surface area contributed by atoms with E-state index in [4.69, 9.17) is 5.73 Å². The van der Waals surface area contributed by atoms with Gasteiger partial charge in [-0.2, -0.15) is 5.10 Å². The Morgan fingerprint density at radius 1 is 1.41 bits per heavy atom. The molecule has 0 atom stereocenters. The molecule has 1 aromatic heterocycles. The molecule has 1 amide bonds. The zero-order valence-electron chi connectivity index (χ0n) is 10.7. The van der Waals surface area contributed by atoms with Gasteiger partial charge in [0.2, 0.25) is 5.91 Å². The predicted octanol–water partition coefficient (Wildman–Crippen LogP) is 1.13. The zero-order valence-corrected chi connectivity index (χ0v) is 10.7. The van der Waals surface area contributed by atoms with Gasteiger partial charge in [0.05, 0.1) is 17.6 Å². The summed E-state index contributed by atoms with van der Waals surface area (Å²) in [5.74, 6) is 0.126. The number of nitrogen functional groups attached to an aromatic ring is 1. The maximum atomic E-state index is 12.5. The van der Waals surface area contributed by atoms with E-state index in [1.165, 1.54) is 0 Å². The average Bonchev–Trinajstić information content (AvgIpc) is 2.89. The molecular weight excluding hydrogens is 216 g/mol. The number of hydrogen-bond donors (Lipinski definition) is 1. The van der Waals surface area contributed by atoms with Gasteiger partial charge in [-0.1, -0.05) is 0 Å². The van der Waals surface area contributed by atoms with Gasteiger partial charge in [-0.15, -0.1) is 0 Å². The summed E-state index contributed by atoms with van der Waals surface area (Å²) in [4.78, 5) is 14.4. The van der Waals surface area contributed by atoms with E-state index in [2.05, 4.69) is 5.10 Å². The van der Waals surface area contributed by atoms with Gasteiger partial charge in [0.15, 0.2) is 0 Å². The number of aromatic nitrogens is 2. The highest BCUT2D eigenvalue weighted by molar-refractivity contribution is 5.84. The van der Waals surface area contributed by atoms with Gasteiger partial charge in [0.25, 0.3) is 0 Å². The number of amides is 1. The molecule has 2 rings (SSSR count). The lowest BCUT2D eigenvalue weighted by Crippen LogP contribution is -2.46. The summed E-state index contributed by atoms with van der Waals surface area (Å²) in [6.45, 7) is 7.40. The minimum absolute atomic E-state index is 0.126. The summed E-state index contributed by atoms with van der Waals surface area (Å²) < 4.78 is 1.73. The number of likely N-dealkylation sites (tertiary alicyclic amines) is 1. The Morgan fingerprint density at radius 2 is 2.00 bits per heavy atom. The number of anilines is 1. The van der Waals surface area contributed by atoms with E-state index in [1.54, 1.807) is 10.9 Å². The van der Waals surface area contributed by atoms with Crippen LogP contribution in [-0.2, 0) is 10.3 Å². The van der Waals surface area contributed by atoms with Crippen LogP contribution >= 0.6 is 0 Å². The molecule has 0 aromatic carbocycles. The van der Waals surface area contributed by atoms with Crippen LogP contribution in [-0.4, -0.2) is 33.7 Å². The number of carbonyl (C=O) groups is 1. The van der Waals surface area contributed by atoms with Gasteiger partial charge in [-0.3, -0.25) is 9.48 Å². The molecule has 1 aromatic rings. The van der Waals surface area contributed by atoms with E-state index in [-0.39, 0.29) is 5.91 Å². The van der Waals surface area contributed by atoms with E-state index in [1.807, 2.05) is 25.7 Å². The maximum Gasteiger partial charge on any atom is 0.249 e. The molecule has 1 fully saturated rings. The van der Waals surface area contributed by atoms with Crippen molar-refractivity contribution in [3.63, 3.8) is 0 Å². The third-order valence-corrected chi connectivity index (χ3v) is 3.49. The lowest BCUT2D eigenvalue weighted by molar-refractivity contribution is -0.138. The highest BCUT2D eigenvalue weighted by Crippen LogP contribution is 2.24. The van der Waals surface area contributed by atoms with Crippen LogP contribution in [0.5, 0.6) is 0 Å². The van der Waals surface area contributed by atoms with Crippen LogP contribution in [0.2, 0.25) is 0 Å². The van der Waals surface area contributed by atoms with Gasteiger partial charge in [-0.25, -0.2) is 0 Å². The van der Waals surface area contributed by atoms with Crippen LogP contribution in [0, 0.1) is 6.92 Å². The molecule has 2 heterocycles. The second-order valence-corrected chi connectivity index (χ2v) is 5.16. The van der Waals surface area contributed by atoms with Crippen molar-refractivity contribution in [2.45, 2.75) is 39.2 Å². The molecule has 0 saturated carbocycles. The molecule has 1 saturated heterocycles. The Bertz CT molecular complexity index is 430. The molecule has 5 heteroatoms. The second-order valence-electron chi connectivity index (χ2n) is 5.16. The van der Waals surface area contributed by atoms with Crippen molar-refractivity contribution in [3.05, 3.63) is 11.9 Å². The third kappa shape index (κ3) is 1.90. The van der Waals surface area contributed by atoms with Crippen molar-refractivity contribution in [3.8, 4) is 0 Å². The first-order valence-electron chi connectivity index (χ1n) is 6.04. The van der Waals surface area contributed by atoms with Crippen molar-refractivity contribution < 1.29 is 4.79 Å². The summed E-state index contributed by atoms with van der Waals surface area (Å²) in [5.41, 5.74) is 6.60. The number of hydrogen-bond acceptors (Lipinski definition) is 3. The van der Waals surface area contributed by atoms with Crippen molar-refractivity contribution in [2.24, 2.45) is 0 Å². The minimum Gasteiger partial charge on any atom is -0.396 e. The van der Waals surface area contributed by atoms with E-state index >= 15 is 0 Å². The minimum atomic E-state index is -0.661. The van der Waals surface area contributed by atoms with Crippen LogP contribution in [0.15, 0.2) is 6.20 Å². The molecule has 0 spiro atoms. The number of nitrogens with two attached hydrogens (primary N) is 1. The Hall–Kier alpha value is -1.52. The first-order chi connectivity index (χ1) is 7.94. The normalized spacial score (nSPS) is 16.5. The molecule has 94 valence electrons. The topological polar surface area (TPSA) is 64.1 Å². The van der Waals surface area contributed by atoms with Crippen LogP contribution in [0.4, 0.5) is 5.69 Å². The monoisotopic (exact) mass is 236 g/mol. The Morgan fingerprint density at radius 3 is 2.47 bits per heavy atom. The summed E-state index contributed by atoms with van der Waals surface area (Å²) in [7, 11) is 0. The molecule has 17 heavy (non-hydrogen) atoms. The molecule has 0 radical (unpaired) electrons. The fraction of sp³-hybridized carbons (Fsp3) is 0.667. The van der Waals surface area contributed by atoms with Crippen molar-refractivity contribution in [1.29, 1.82) is 0 Å². The standard InChI is InChI=1S/C12H20N4O/c1-9-10(13)8-14-16(9)12(2,3)11(17)15-6-4-5-7-15/h8H,4-7,13H2,1-3H3. The summed E-state index contributed by atoms with van der Waals surface area (Å²) in [6.07, 6.45) is 3.80. The van der Waals surface area contributed by atoms with Gasteiger partial charge in [0, 0.05) is 13.1 Å². The van der Waals surface area contributed by atoms with E-state index in [0.29, 0.717) is 5.69 Å². The van der Waals surface area contributed by atoms with Gasteiger partial charge < -0.3 is 10.6 Å². The fourth-order valence-electron chi connectivity index (χ4n) is 2.38. The van der Waals surface area contributed by atoms with Gasteiger partial charge >= 0.3 is 0 Å². The third-order valence-electron chi connectivity index (χ3n) is 3.49. The lowest BCUT2D eigenvalue weighted by atomic mass is 10.0. The smallest absolute Gasteiger partial charge is 0.249 e. The molecule has 2 N–H and O–H groups in total. The second kappa shape index (κ2) is 4.05. The van der Waals surface area contributed by atoms with Crippen molar-refractivity contribution in [1.82, 2.24) is 14.7 Å². The van der Waals surface area contributed by atoms with Gasteiger partial charge in [-0.05, 0) is 33.6 Å². The fourth-order valence-corrected chi connectivity index (χ4v) is 2.38. The van der Waals surface area contributed by atoms with Crippen LogP contribution in [0.25, 0.3) is 0 Å². The summed E-state index contributed by atoms with van der Waals surface area (Å²) >= 11 is 0. The Balaban J connectivity index is 2.28. The predicted molar refractivity (Wildman–Crippen MR) is 66.5 cm³/mol. The number of rotatable bonds is 2. The summed E-state index contributed by atoms with van der Waals surface area (Å²) in [5, 5.41) is 4.22. The average molecular weight is 236 g/mol. The van der Waals surface area contributed by atoms with E-state index in [0.717, 1.165) is 31.6 Å². The van der Waals surface area contributed by atoms with Crippen LogP contribution in [0.1, 0.15) is 32.4 Å². The molecule has 0 aliphatic carbocycles. The zero-order chi connectivity index (χ0) is 12.6. The molecule has 5 nitrogen and oxygen atoms in total. The van der Waals surface area contributed by atoms with Crippen LogP contribution in [0.3, 0.4) is 0 Å². The van der Waals surface area contributed by atoms with Crippen molar-refractivity contribution in [2.75, 3.05) is 18.8 Å². The first-order valence-corrected chi connectivity index (χ1v) is 6.04. The Labute approximate surface area is 102 Å². The van der Waals surface area contributed by atoms with Crippen molar-refractivity contribution >= 4 is 11.6 Å². The van der Waals surface area contributed by atoms with Gasteiger partial charge in [0.1, 0.15) is 5.54 Å². The number of nitrogens with zero attached hydrogens (tertiary/aromatic N) is 3. The molecule has 0 unspecified atom stereocenters. The lowest BCUT2D eigenvalue weighted by Gasteiger charge is -2.30. The molecular formula is C12H20N4O. The SMILES string of the molecule is Cc1c(N)cnn1C(C)(C)C(=O)N1CCCC1. The van der Waals surface area contributed by atoms with E-state index in [9.17, 15) is 4.79 Å². The maximum absolute atomic E-state index is 12.5.